The Morgan fingerprint density at radius 2 is 1.62 bits per heavy atom. The molecule has 0 aliphatic carbocycles. The number of ether oxygens (including phenoxy) is 4. The molecule has 2 aliphatic heterocycles. The van der Waals surface area contributed by atoms with Gasteiger partial charge in [0.2, 0.25) is 6.79 Å². The number of amides is 1. The second kappa shape index (κ2) is 12.9. The minimum absolute atomic E-state index is 0.0168. The highest BCUT2D eigenvalue weighted by atomic mass is 32.1. The van der Waals surface area contributed by atoms with E-state index in [0.717, 1.165) is 38.9 Å². The molecule has 2 atom stereocenters. The first-order chi connectivity index (χ1) is 20.5. The van der Waals surface area contributed by atoms with Crippen LogP contribution in [0.15, 0.2) is 78.2 Å². The third-order valence-corrected chi connectivity index (χ3v) is 8.09. The van der Waals surface area contributed by atoms with Crippen molar-refractivity contribution < 1.29 is 23.7 Å². The first-order valence-corrected chi connectivity index (χ1v) is 15.1. The van der Waals surface area contributed by atoms with Crippen LogP contribution < -0.4 is 14.2 Å². The van der Waals surface area contributed by atoms with Gasteiger partial charge in [0, 0.05) is 31.6 Å². The summed E-state index contributed by atoms with van der Waals surface area (Å²) < 4.78 is 22.9. The van der Waals surface area contributed by atoms with Crippen LogP contribution in [0.4, 0.5) is 0 Å². The van der Waals surface area contributed by atoms with Crippen molar-refractivity contribution in [2.24, 2.45) is 0 Å². The lowest BCUT2D eigenvalue weighted by Crippen LogP contribution is -2.48. The Labute approximate surface area is 250 Å². The number of carbonyl (C=O) groups is 1. The molecule has 0 bridgehead atoms. The normalized spacial score (nSPS) is 17.9. The van der Waals surface area contributed by atoms with Crippen molar-refractivity contribution in [3.63, 3.8) is 0 Å². The van der Waals surface area contributed by atoms with Crippen LogP contribution in [0.2, 0.25) is 0 Å². The zero-order chi connectivity index (χ0) is 28.9. The lowest BCUT2D eigenvalue weighted by Gasteiger charge is -2.34. The van der Waals surface area contributed by atoms with Gasteiger partial charge in [0.25, 0.3) is 5.91 Å². The lowest BCUT2D eigenvalue weighted by atomic mass is 10.1. The summed E-state index contributed by atoms with van der Waals surface area (Å²) in [5.41, 5.74) is 3.91. The van der Waals surface area contributed by atoms with E-state index in [1.54, 1.807) is 0 Å². The first kappa shape index (κ1) is 28.2. The molecule has 2 aliphatic rings. The Bertz CT molecular complexity index is 1480. The molecule has 8 nitrogen and oxygen atoms in total. The predicted molar refractivity (Wildman–Crippen MR) is 161 cm³/mol. The number of morpholine rings is 1. The summed E-state index contributed by atoms with van der Waals surface area (Å²) in [4.78, 5) is 22.2. The topological polar surface area (TPSA) is 73.4 Å². The van der Waals surface area contributed by atoms with Crippen LogP contribution in [-0.2, 0) is 31.0 Å². The van der Waals surface area contributed by atoms with Gasteiger partial charge in [-0.05, 0) is 54.8 Å². The second-order valence-electron chi connectivity index (χ2n) is 10.8. The molecule has 1 amide bonds. The Hall–Kier alpha value is -3.92. The molecule has 0 radical (unpaired) electrons. The van der Waals surface area contributed by atoms with E-state index in [9.17, 15) is 4.79 Å². The summed E-state index contributed by atoms with van der Waals surface area (Å²) in [6, 6.07) is 24.4. The molecule has 0 saturated carbocycles. The summed E-state index contributed by atoms with van der Waals surface area (Å²) in [5.74, 6) is 2.34. The lowest BCUT2D eigenvalue weighted by molar-refractivity contribution is -0.0587. The van der Waals surface area contributed by atoms with E-state index in [2.05, 4.69) is 35.2 Å². The standard InChI is InChI=1S/C33H35N3O5S/c1-23-15-36(16-24(2)41-23)33(37)29-21-42-32(34-29)19-35(18-27-10-13-30-31(14-27)40-22-39-30)17-25-8-11-28(12-9-25)38-20-26-6-4-3-5-7-26/h3-14,21,23-24H,15-20,22H2,1-2H3. The fourth-order valence-corrected chi connectivity index (χ4v) is 6.14. The SMILES string of the molecule is CC1CN(C(=O)c2csc(CN(Cc3ccc(OCc4ccccc4)cc3)Cc3ccc4c(c3)OCO4)n2)CC(C)O1. The number of benzene rings is 3. The van der Waals surface area contributed by atoms with Gasteiger partial charge in [0.1, 0.15) is 23.1 Å². The van der Waals surface area contributed by atoms with E-state index in [4.69, 9.17) is 23.9 Å². The van der Waals surface area contributed by atoms with Crippen molar-refractivity contribution >= 4 is 17.2 Å². The fraction of sp³-hybridized carbons (Fsp3) is 0.333. The van der Waals surface area contributed by atoms with Crippen LogP contribution in [0.5, 0.6) is 17.2 Å². The summed E-state index contributed by atoms with van der Waals surface area (Å²) in [5, 5.41) is 2.77. The quantitative estimate of drug-likeness (QED) is 0.229. The molecule has 3 heterocycles. The number of hydrogen-bond donors (Lipinski definition) is 0. The van der Waals surface area contributed by atoms with Gasteiger partial charge in [0.15, 0.2) is 11.5 Å². The molecule has 9 heteroatoms. The monoisotopic (exact) mass is 585 g/mol. The van der Waals surface area contributed by atoms with E-state index in [-0.39, 0.29) is 24.9 Å². The summed E-state index contributed by atoms with van der Waals surface area (Å²) in [6.07, 6.45) is 0.0336. The second-order valence-corrected chi connectivity index (χ2v) is 11.8. The van der Waals surface area contributed by atoms with Crippen LogP contribution in [0, 0.1) is 0 Å². The molecule has 1 fully saturated rings. The van der Waals surface area contributed by atoms with Gasteiger partial charge in [-0.1, -0.05) is 48.5 Å². The van der Waals surface area contributed by atoms with Gasteiger partial charge in [-0.25, -0.2) is 4.98 Å². The molecule has 0 N–H and O–H groups in total. The molecule has 0 spiro atoms. The zero-order valence-corrected chi connectivity index (χ0v) is 24.7. The summed E-state index contributed by atoms with van der Waals surface area (Å²) in [7, 11) is 0. The van der Waals surface area contributed by atoms with Crippen molar-refractivity contribution in [1.82, 2.24) is 14.8 Å². The van der Waals surface area contributed by atoms with Crippen LogP contribution in [-0.4, -0.2) is 52.8 Å². The number of rotatable bonds is 10. The predicted octanol–water partition coefficient (Wildman–Crippen LogP) is 5.90. The third kappa shape index (κ3) is 7.10. The van der Waals surface area contributed by atoms with Gasteiger partial charge in [-0.2, -0.15) is 0 Å². The summed E-state index contributed by atoms with van der Waals surface area (Å²) >= 11 is 1.52. The first-order valence-electron chi connectivity index (χ1n) is 14.2. The molecule has 4 aromatic rings. The van der Waals surface area contributed by atoms with Crippen LogP contribution in [0.1, 0.15) is 46.0 Å². The highest BCUT2D eigenvalue weighted by Gasteiger charge is 2.28. The Kier molecular flexibility index (Phi) is 8.69. The molecule has 2 unspecified atom stereocenters. The third-order valence-electron chi connectivity index (χ3n) is 7.26. The van der Waals surface area contributed by atoms with Crippen LogP contribution in [0.25, 0.3) is 0 Å². The molecule has 1 saturated heterocycles. The summed E-state index contributed by atoms with van der Waals surface area (Å²) in [6.45, 7) is 7.93. The molecule has 1 aromatic heterocycles. The molecule has 218 valence electrons. The largest absolute Gasteiger partial charge is 0.489 e. The van der Waals surface area contributed by atoms with E-state index in [1.807, 2.05) is 66.6 Å². The van der Waals surface area contributed by atoms with Crippen molar-refractivity contribution in [2.45, 2.75) is 52.3 Å². The van der Waals surface area contributed by atoms with E-state index < -0.39 is 0 Å². The maximum Gasteiger partial charge on any atom is 0.273 e. The number of hydrogen-bond acceptors (Lipinski definition) is 8. The maximum atomic E-state index is 13.2. The Balaban J connectivity index is 1.15. The number of thiazole rings is 1. The van der Waals surface area contributed by atoms with Gasteiger partial charge in [-0.3, -0.25) is 9.69 Å². The van der Waals surface area contributed by atoms with Crippen molar-refractivity contribution in [3.05, 3.63) is 106 Å². The molecule has 6 rings (SSSR count). The van der Waals surface area contributed by atoms with Crippen molar-refractivity contribution in [1.29, 1.82) is 0 Å². The van der Waals surface area contributed by atoms with E-state index in [1.165, 1.54) is 11.3 Å². The molecular weight excluding hydrogens is 550 g/mol. The smallest absolute Gasteiger partial charge is 0.273 e. The van der Waals surface area contributed by atoms with Gasteiger partial charge in [0.05, 0.1) is 18.8 Å². The van der Waals surface area contributed by atoms with E-state index >= 15 is 0 Å². The van der Waals surface area contributed by atoms with Crippen LogP contribution in [0.3, 0.4) is 0 Å². The van der Waals surface area contributed by atoms with Gasteiger partial charge in [-0.15, -0.1) is 11.3 Å². The van der Waals surface area contributed by atoms with Crippen molar-refractivity contribution in [2.75, 3.05) is 19.9 Å². The van der Waals surface area contributed by atoms with E-state index in [0.29, 0.717) is 45.0 Å². The molecule has 42 heavy (non-hydrogen) atoms. The fourth-order valence-electron chi connectivity index (χ4n) is 5.33. The number of fused-ring (bicyclic) bond motifs is 1. The Morgan fingerprint density at radius 3 is 2.40 bits per heavy atom. The average Bonchev–Trinajstić information content (AvgIpc) is 3.66. The minimum atomic E-state index is -0.0343. The number of aromatic nitrogens is 1. The molecular formula is C33H35N3O5S. The van der Waals surface area contributed by atoms with Crippen molar-refractivity contribution in [3.8, 4) is 17.2 Å². The highest BCUT2D eigenvalue weighted by Crippen LogP contribution is 2.33. The number of nitrogens with zero attached hydrogens (tertiary/aromatic N) is 3. The number of carbonyl (C=O) groups excluding carboxylic acids is 1. The average molecular weight is 586 g/mol. The van der Waals surface area contributed by atoms with Gasteiger partial charge >= 0.3 is 0 Å². The molecule has 3 aromatic carbocycles. The highest BCUT2D eigenvalue weighted by molar-refractivity contribution is 7.09. The Morgan fingerprint density at radius 1 is 0.905 bits per heavy atom. The maximum absolute atomic E-state index is 13.2. The van der Waals surface area contributed by atoms with Gasteiger partial charge < -0.3 is 23.8 Å². The zero-order valence-electron chi connectivity index (χ0n) is 23.9. The minimum Gasteiger partial charge on any atom is -0.489 e. The van der Waals surface area contributed by atoms with Crippen LogP contribution >= 0.6 is 11.3 Å².